The molecule has 0 fully saturated rings. The third kappa shape index (κ3) is 1.97. The number of aromatic nitrogens is 1. The largest absolute Gasteiger partial charge is 0.468 e. The van der Waals surface area contributed by atoms with E-state index in [1.165, 1.54) is 18.4 Å². The lowest BCUT2D eigenvalue weighted by Gasteiger charge is -2.19. The van der Waals surface area contributed by atoms with E-state index in [9.17, 15) is 4.79 Å². The minimum absolute atomic E-state index is 0.267. The third-order valence-corrected chi connectivity index (χ3v) is 2.95. The van der Waals surface area contributed by atoms with Crippen molar-refractivity contribution in [3.63, 3.8) is 0 Å². The van der Waals surface area contributed by atoms with E-state index in [2.05, 4.69) is 4.98 Å². The number of nitrogens with one attached hydrogen (secondary N) is 1. The average Bonchev–Trinajstić information content (AvgIpc) is 2.50. The fraction of sp³-hybridized carbons (Fsp3) is 0.500. The van der Waals surface area contributed by atoms with Crippen LogP contribution in [-0.4, -0.2) is 18.1 Å². The van der Waals surface area contributed by atoms with Gasteiger partial charge in [0.15, 0.2) is 3.95 Å². The lowest BCUT2D eigenvalue weighted by atomic mass is 9.90. The second-order valence-corrected chi connectivity index (χ2v) is 4.72. The number of hydrogen-bond donors (Lipinski definition) is 1. The molecule has 0 atom stereocenters. The third-order valence-electron chi connectivity index (χ3n) is 1.89. The predicted octanol–water partition coefficient (Wildman–Crippen LogP) is 2.26. The Morgan fingerprint density at radius 2 is 2.31 bits per heavy atom. The van der Waals surface area contributed by atoms with Gasteiger partial charge in [-0.1, -0.05) is 0 Å². The minimum Gasteiger partial charge on any atom is -0.468 e. The van der Waals surface area contributed by atoms with Gasteiger partial charge in [0.05, 0.1) is 7.11 Å². The maximum atomic E-state index is 11.4. The molecule has 0 spiro atoms. The van der Waals surface area contributed by atoms with Crippen molar-refractivity contribution in [3.05, 3.63) is 15.0 Å². The van der Waals surface area contributed by atoms with Crippen molar-refractivity contribution in [2.24, 2.45) is 0 Å². The number of esters is 1. The monoisotopic (exact) mass is 217 g/mol. The van der Waals surface area contributed by atoms with E-state index in [4.69, 9.17) is 17.0 Å². The summed E-state index contributed by atoms with van der Waals surface area (Å²) in [6.45, 7) is 3.60. The van der Waals surface area contributed by atoms with Crippen LogP contribution in [0.1, 0.15) is 19.5 Å². The summed E-state index contributed by atoms with van der Waals surface area (Å²) in [5.74, 6) is -0.267. The Morgan fingerprint density at radius 3 is 2.69 bits per heavy atom. The number of hydrogen-bond acceptors (Lipinski definition) is 4. The van der Waals surface area contributed by atoms with E-state index in [-0.39, 0.29) is 5.97 Å². The summed E-state index contributed by atoms with van der Waals surface area (Å²) >= 11 is 6.35. The Balaban J connectivity index is 3.06. The molecule has 0 bridgehead atoms. The molecule has 0 aliphatic rings. The molecule has 1 aromatic heterocycles. The summed E-state index contributed by atoms with van der Waals surface area (Å²) in [4.78, 5) is 14.3. The molecule has 0 amide bonds. The second kappa shape index (κ2) is 3.59. The van der Waals surface area contributed by atoms with Gasteiger partial charge in [0, 0.05) is 11.1 Å². The normalized spacial score (nSPS) is 11.3. The summed E-state index contributed by atoms with van der Waals surface area (Å²) in [5, 5.41) is 1.85. The number of aromatic amines is 1. The van der Waals surface area contributed by atoms with Gasteiger partial charge >= 0.3 is 5.97 Å². The number of carbonyl (C=O) groups is 1. The van der Waals surface area contributed by atoms with Crippen LogP contribution < -0.4 is 0 Å². The van der Waals surface area contributed by atoms with Crippen molar-refractivity contribution in [1.82, 2.24) is 4.98 Å². The number of thiazole rings is 1. The van der Waals surface area contributed by atoms with Crippen LogP contribution in [0.4, 0.5) is 0 Å². The summed E-state index contributed by atoms with van der Waals surface area (Å²) in [7, 11) is 1.38. The Kier molecular flexibility index (Phi) is 2.87. The van der Waals surface area contributed by atoms with Crippen LogP contribution in [0.3, 0.4) is 0 Å². The number of carbonyl (C=O) groups excluding carboxylic acids is 1. The summed E-state index contributed by atoms with van der Waals surface area (Å²) < 4.78 is 5.36. The van der Waals surface area contributed by atoms with Gasteiger partial charge in [-0.05, 0) is 26.1 Å². The van der Waals surface area contributed by atoms with E-state index in [1.807, 2.05) is 5.38 Å². The standard InChI is InChI=1S/C8H11NO2S2/c1-8(2,6(10)11-3)5-4-13-7(12)9-5/h4H,1-3H3,(H,9,12). The fourth-order valence-electron chi connectivity index (χ4n) is 0.950. The van der Waals surface area contributed by atoms with Gasteiger partial charge in [0.2, 0.25) is 0 Å². The fourth-order valence-corrected chi connectivity index (χ4v) is 1.95. The average molecular weight is 217 g/mol. The first kappa shape index (κ1) is 10.4. The van der Waals surface area contributed by atoms with Crippen molar-refractivity contribution in [2.75, 3.05) is 7.11 Å². The highest BCUT2D eigenvalue weighted by Crippen LogP contribution is 2.24. The zero-order valence-electron chi connectivity index (χ0n) is 7.71. The first-order valence-electron chi connectivity index (χ1n) is 3.75. The molecule has 5 heteroatoms. The van der Waals surface area contributed by atoms with Gasteiger partial charge in [-0.2, -0.15) is 0 Å². The van der Waals surface area contributed by atoms with Crippen LogP contribution in [0, 0.1) is 3.95 Å². The Hall–Kier alpha value is -0.680. The molecule has 72 valence electrons. The molecule has 0 saturated carbocycles. The van der Waals surface area contributed by atoms with Gasteiger partial charge in [0.1, 0.15) is 5.41 Å². The quantitative estimate of drug-likeness (QED) is 0.610. The summed E-state index contributed by atoms with van der Waals surface area (Å²) in [5.41, 5.74) is 0.150. The molecule has 1 N–H and O–H groups in total. The van der Waals surface area contributed by atoms with Crippen LogP contribution in [0.5, 0.6) is 0 Å². The Labute approximate surface area is 85.7 Å². The van der Waals surface area contributed by atoms with Gasteiger partial charge in [-0.3, -0.25) is 4.79 Å². The molecule has 0 saturated heterocycles. The molecule has 0 aliphatic heterocycles. The molecule has 0 aliphatic carbocycles. The van der Waals surface area contributed by atoms with E-state index < -0.39 is 5.41 Å². The first-order valence-corrected chi connectivity index (χ1v) is 5.04. The first-order chi connectivity index (χ1) is 5.98. The zero-order chi connectivity index (χ0) is 10.1. The van der Waals surface area contributed by atoms with Crippen LogP contribution in [0.25, 0.3) is 0 Å². The van der Waals surface area contributed by atoms with Crippen LogP contribution in [0.2, 0.25) is 0 Å². The number of H-pyrrole nitrogens is 1. The Bertz CT molecular complexity index is 364. The van der Waals surface area contributed by atoms with Crippen molar-refractivity contribution in [3.8, 4) is 0 Å². The van der Waals surface area contributed by atoms with E-state index in [0.29, 0.717) is 3.95 Å². The lowest BCUT2D eigenvalue weighted by Crippen LogP contribution is -2.30. The maximum absolute atomic E-state index is 11.4. The molecule has 13 heavy (non-hydrogen) atoms. The highest BCUT2D eigenvalue weighted by molar-refractivity contribution is 7.73. The number of methoxy groups -OCH3 is 1. The van der Waals surface area contributed by atoms with Crippen molar-refractivity contribution >= 4 is 29.5 Å². The highest BCUT2D eigenvalue weighted by Gasteiger charge is 2.32. The summed E-state index contributed by atoms with van der Waals surface area (Å²) in [6.07, 6.45) is 0. The molecule has 1 heterocycles. The SMILES string of the molecule is COC(=O)C(C)(C)c1csc(=S)[nH]1. The zero-order valence-corrected chi connectivity index (χ0v) is 9.34. The predicted molar refractivity (Wildman–Crippen MR) is 54.5 cm³/mol. The molecular weight excluding hydrogens is 206 g/mol. The minimum atomic E-state index is -0.650. The van der Waals surface area contributed by atoms with E-state index in [1.54, 1.807) is 13.8 Å². The van der Waals surface area contributed by atoms with E-state index in [0.717, 1.165) is 5.69 Å². The van der Waals surface area contributed by atoms with Crippen LogP contribution >= 0.6 is 23.6 Å². The topological polar surface area (TPSA) is 42.1 Å². The van der Waals surface area contributed by atoms with Gasteiger partial charge in [-0.25, -0.2) is 0 Å². The molecule has 0 aromatic carbocycles. The number of rotatable bonds is 2. The molecule has 3 nitrogen and oxygen atoms in total. The Morgan fingerprint density at radius 1 is 1.69 bits per heavy atom. The van der Waals surface area contributed by atoms with Gasteiger partial charge in [0.25, 0.3) is 0 Å². The molecule has 1 aromatic rings. The molecule has 1 rings (SSSR count). The molecule has 0 radical (unpaired) electrons. The van der Waals surface area contributed by atoms with Crippen LogP contribution in [0.15, 0.2) is 5.38 Å². The smallest absolute Gasteiger partial charge is 0.317 e. The second-order valence-electron chi connectivity index (χ2n) is 3.18. The van der Waals surface area contributed by atoms with Crippen molar-refractivity contribution < 1.29 is 9.53 Å². The van der Waals surface area contributed by atoms with E-state index >= 15 is 0 Å². The van der Waals surface area contributed by atoms with Crippen LogP contribution in [-0.2, 0) is 14.9 Å². The highest BCUT2D eigenvalue weighted by atomic mass is 32.1. The van der Waals surface area contributed by atoms with Gasteiger partial charge < -0.3 is 9.72 Å². The molecular formula is C8H11NO2S2. The number of ether oxygens (including phenoxy) is 1. The summed E-state index contributed by atoms with van der Waals surface area (Å²) in [6, 6.07) is 0. The molecule has 0 unspecified atom stereocenters. The van der Waals surface area contributed by atoms with Crippen molar-refractivity contribution in [2.45, 2.75) is 19.3 Å². The lowest BCUT2D eigenvalue weighted by molar-refractivity contribution is -0.146. The van der Waals surface area contributed by atoms with Gasteiger partial charge in [-0.15, -0.1) is 11.3 Å². The van der Waals surface area contributed by atoms with Crippen molar-refractivity contribution in [1.29, 1.82) is 0 Å². The maximum Gasteiger partial charge on any atom is 0.317 e.